The third kappa shape index (κ3) is 5.35. The Morgan fingerprint density at radius 1 is 1.06 bits per heavy atom. The molecule has 2 aromatic carbocycles. The van der Waals surface area contributed by atoms with Crippen LogP contribution < -0.4 is 4.90 Å². The van der Waals surface area contributed by atoms with Crippen molar-refractivity contribution < 1.29 is 35.2 Å². The van der Waals surface area contributed by atoms with Gasteiger partial charge in [-0.15, -0.1) is 10.2 Å². The summed E-state index contributed by atoms with van der Waals surface area (Å²) >= 11 is 0. The first kappa shape index (κ1) is 23.7. The van der Waals surface area contributed by atoms with Crippen LogP contribution in [-0.4, -0.2) is 54.1 Å². The van der Waals surface area contributed by atoms with Crippen molar-refractivity contribution in [3.8, 4) is 11.5 Å². The van der Waals surface area contributed by atoms with Crippen LogP contribution in [0.3, 0.4) is 0 Å². The van der Waals surface area contributed by atoms with Crippen molar-refractivity contribution in [1.29, 1.82) is 0 Å². The summed E-state index contributed by atoms with van der Waals surface area (Å²) in [5.74, 6) is -2.64. The lowest BCUT2D eigenvalue weighted by atomic mass is 10.1. The number of aromatic nitrogens is 2. The van der Waals surface area contributed by atoms with E-state index < -0.39 is 33.8 Å². The highest BCUT2D eigenvalue weighted by Gasteiger charge is 2.38. The maximum absolute atomic E-state index is 13.9. The summed E-state index contributed by atoms with van der Waals surface area (Å²) in [5, 5.41) is 6.39. The number of benzene rings is 2. The molecule has 0 bridgehead atoms. The molecule has 0 saturated carbocycles. The van der Waals surface area contributed by atoms with Crippen LogP contribution in [0.25, 0.3) is 11.5 Å². The Kier molecular flexibility index (Phi) is 6.30. The topological polar surface area (TPSA) is 96.6 Å². The van der Waals surface area contributed by atoms with Crippen LogP contribution in [-0.2, 0) is 22.6 Å². The Bertz CT molecular complexity index is 1280. The van der Waals surface area contributed by atoms with E-state index in [-0.39, 0.29) is 48.3 Å². The summed E-state index contributed by atoms with van der Waals surface area (Å²) in [6, 6.07) is 11.0. The molecule has 3 aromatic rings. The number of urea groups is 1. The maximum Gasteiger partial charge on any atom is 0.470 e. The first-order valence-corrected chi connectivity index (χ1v) is 11.9. The predicted octanol–water partition coefficient (Wildman–Crippen LogP) is 3.75. The van der Waals surface area contributed by atoms with Crippen LogP contribution >= 0.6 is 0 Å². The smallest absolute Gasteiger partial charge is 0.413 e. The van der Waals surface area contributed by atoms with Gasteiger partial charge in [0.1, 0.15) is 5.82 Å². The van der Waals surface area contributed by atoms with Gasteiger partial charge in [0.25, 0.3) is 0 Å². The van der Waals surface area contributed by atoms with Crippen molar-refractivity contribution in [3.63, 3.8) is 0 Å². The zero-order chi connectivity index (χ0) is 24.5. The number of anilines is 1. The number of carbonyl (C=O) groups is 1. The molecule has 1 aromatic heterocycles. The zero-order valence-corrected chi connectivity index (χ0v) is 18.3. The van der Waals surface area contributed by atoms with Gasteiger partial charge in [0, 0.05) is 24.3 Å². The fourth-order valence-electron chi connectivity index (χ4n) is 3.38. The lowest BCUT2D eigenvalue weighted by molar-refractivity contribution is -0.156. The maximum atomic E-state index is 13.9. The Morgan fingerprint density at radius 3 is 2.32 bits per heavy atom. The summed E-state index contributed by atoms with van der Waals surface area (Å²) in [6.45, 7) is 0.0404. The molecule has 2 heterocycles. The highest BCUT2D eigenvalue weighted by Crippen LogP contribution is 2.30. The molecule has 34 heavy (non-hydrogen) atoms. The van der Waals surface area contributed by atoms with Crippen LogP contribution in [0.15, 0.2) is 52.9 Å². The van der Waals surface area contributed by atoms with Gasteiger partial charge in [-0.1, -0.05) is 18.2 Å². The van der Waals surface area contributed by atoms with Gasteiger partial charge >= 0.3 is 18.1 Å². The molecule has 8 nitrogen and oxygen atoms in total. The number of hydrogen-bond acceptors (Lipinski definition) is 6. The summed E-state index contributed by atoms with van der Waals surface area (Å²) < 4.78 is 80.0. The van der Waals surface area contributed by atoms with Gasteiger partial charge in [0.2, 0.25) is 5.89 Å². The third-order valence-electron chi connectivity index (χ3n) is 5.17. The second-order valence-electron chi connectivity index (χ2n) is 7.59. The number of sulfone groups is 1. The molecule has 0 aliphatic carbocycles. The normalized spacial score (nSPS) is 15.8. The van der Waals surface area contributed by atoms with E-state index in [0.717, 1.165) is 0 Å². The molecular weight excluding hydrogens is 480 g/mol. The van der Waals surface area contributed by atoms with E-state index in [4.69, 9.17) is 0 Å². The Morgan fingerprint density at radius 2 is 1.74 bits per heavy atom. The van der Waals surface area contributed by atoms with Crippen molar-refractivity contribution in [1.82, 2.24) is 15.1 Å². The number of rotatable bonds is 4. The molecular formula is C21H18F4N4O4S. The minimum atomic E-state index is -4.76. The van der Waals surface area contributed by atoms with Gasteiger partial charge in [-0.05, 0) is 35.9 Å². The van der Waals surface area contributed by atoms with Crippen LogP contribution in [0.1, 0.15) is 11.5 Å². The molecule has 1 aliphatic heterocycles. The van der Waals surface area contributed by atoms with Gasteiger partial charge in [0.15, 0.2) is 9.84 Å². The first-order valence-electron chi connectivity index (χ1n) is 10.0. The molecule has 1 fully saturated rings. The monoisotopic (exact) mass is 498 g/mol. The van der Waals surface area contributed by atoms with E-state index in [1.54, 1.807) is 18.2 Å². The van der Waals surface area contributed by atoms with E-state index in [0.29, 0.717) is 5.56 Å². The van der Waals surface area contributed by atoms with Crippen molar-refractivity contribution in [2.75, 3.05) is 29.5 Å². The van der Waals surface area contributed by atoms with Gasteiger partial charge in [-0.3, -0.25) is 4.90 Å². The van der Waals surface area contributed by atoms with E-state index >= 15 is 0 Å². The number of amides is 2. The van der Waals surface area contributed by atoms with Crippen LogP contribution in [0.4, 0.5) is 28.0 Å². The van der Waals surface area contributed by atoms with Gasteiger partial charge < -0.3 is 9.32 Å². The minimum Gasteiger partial charge on any atom is -0.413 e. The number of alkyl halides is 3. The van der Waals surface area contributed by atoms with Crippen LogP contribution in [0, 0.1) is 5.82 Å². The molecule has 1 saturated heterocycles. The lowest BCUT2D eigenvalue weighted by Gasteiger charge is -2.33. The largest absolute Gasteiger partial charge is 0.470 e. The number of nitrogens with zero attached hydrogens (tertiary/aromatic N) is 4. The number of hydrogen-bond donors (Lipinski definition) is 0. The average Bonchev–Trinajstić information content (AvgIpc) is 3.28. The number of halogens is 4. The molecule has 2 amide bonds. The van der Waals surface area contributed by atoms with Crippen LogP contribution in [0.5, 0.6) is 0 Å². The van der Waals surface area contributed by atoms with Crippen molar-refractivity contribution in [3.05, 3.63) is 65.8 Å². The fraction of sp³-hybridized carbons (Fsp3) is 0.286. The summed E-state index contributed by atoms with van der Waals surface area (Å²) in [6.07, 6.45) is -4.76. The molecule has 0 spiro atoms. The summed E-state index contributed by atoms with van der Waals surface area (Å²) in [5.41, 5.74) is 1.10. The minimum absolute atomic E-state index is 0.00342. The van der Waals surface area contributed by atoms with Crippen molar-refractivity contribution >= 4 is 21.6 Å². The second kappa shape index (κ2) is 9.05. The quantitative estimate of drug-likeness (QED) is 0.509. The summed E-state index contributed by atoms with van der Waals surface area (Å²) in [7, 11) is -3.21. The lowest BCUT2D eigenvalue weighted by Crippen LogP contribution is -2.49. The van der Waals surface area contributed by atoms with E-state index in [1.165, 1.54) is 40.1 Å². The SMILES string of the molecule is O=C(N1CCS(=O)(=O)CC1)N(Cc1ccc(-c2nnc(C(F)(F)F)o2)cc1)c1cccc(F)c1. The Hall–Kier alpha value is -3.48. The van der Waals surface area contributed by atoms with Crippen molar-refractivity contribution in [2.24, 2.45) is 0 Å². The van der Waals surface area contributed by atoms with E-state index in [2.05, 4.69) is 14.6 Å². The van der Waals surface area contributed by atoms with Crippen molar-refractivity contribution in [2.45, 2.75) is 12.7 Å². The third-order valence-corrected chi connectivity index (χ3v) is 6.78. The van der Waals surface area contributed by atoms with E-state index in [9.17, 15) is 30.8 Å². The van der Waals surface area contributed by atoms with Gasteiger partial charge in [0.05, 0.1) is 18.1 Å². The summed E-state index contributed by atoms with van der Waals surface area (Å²) in [4.78, 5) is 15.9. The molecule has 0 atom stereocenters. The zero-order valence-electron chi connectivity index (χ0n) is 17.5. The van der Waals surface area contributed by atoms with Crippen LogP contribution in [0.2, 0.25) is 0 Å². The van der Waals surface area contributed by atoms with Gasteiger partial charge in [-0.2, -0.15) is 13.2 Å². The Balaban J connectivity index is 1.56. The predicted molar refractivity (Wildman–Crippen MR) is 113 cm³/mol. The molecule has 180 valence electrons. The van der Waals surface area contributed by atoms with Gasteiger partial charge in [-0.25, -0.2) is 17.6 Å². The van der Waals surface area contributed by atoms with E-state index in [1.807, 2.05) is 0 Å². The molecule has 4 rings (SSSR count). The highest BCUT2D eigenvalue weighted by atomic mass is 32.2. The molecule has 0 unspecified atom stereocenters. The highest BCUT2D eigenvalue weighted by molar-refractivity contribution is 7.91. The fourth-order valence-corrected chi connectivity index (χ4v) is 4.58. The molecule has 13 heteroatoms. The first-order chi connectivity index (χ1) is 16.0. The Labute approximate surface area is 191 Å². The number of carbonyl (C=O) groups excluding carboxylic acids is 1. The average molecular weight is 498 g/mol. The second-order valence-corrected chi connectivity index (χ2v) is 9.90. The molecule has 0 radical (unpaired) electrons. The molecule has 1 aliphatic rings. The molecule has 0 N–H and O–H groups in total. The standard InChI is InChI=1S/C21H18F4N4O4S/c22-16-2-1-3-17(12-16)29(20(30)28-8-10-34(31,32)11-9-28)13-14-4-6-15(7-5-14)18-26-27-19(33-18)21(23,24)25/h1-7,12H,8-11,13H2.